The standard InChI is InChI=1S/C20H22N2O4/c1-24-17-9-13(10-18(25-2)19(17)26-3)12-21-22-20(23)16-11-15(16)14-7-5-4-6-8-14/h4-10,12,15-16H,11H2,1-3H3,(H,22,23)/b21-12-/t15-,16+/m1/s1. The Morgan fingerprint density at radius 1 is 1.08 bits per heavy atom. The van der Waals surface area contributed by atoms with Crippen LogP contribution in [0, 0.1) is 5.92 Å². The number of methoxy groups -OCH3 is 3. The van der Waals surface area contributed by atoms with Gasteiger partial charge in [-0.2, -0.15) is 5.10 Å². The van der Waals surface area contributed by atoms with E-state index in [1.165, 1.54) is 5.56 Å². The average molecular weight is 354 g/mol. The number of hydrogen-bond acceptors (Lipinski definition) is 5. The van der Waals surface area contributed by atoms with Crippen molar-refractivity contribution >= 4 is 12.1 Å². The number of ether oxygens (including phenoxy) is 3. The molecular formula is C20H22N2O4. The molecule has 1 N–H and O–H groups in total. The Balaban J connectivity index is 1.63. The Morgan fingerprint density at radius 2 is 1.73 bits per heavy atom. The van der Waals surface area contributed by atoms with Gasteiger partial charge in [0.15, 0.2) is 11.5 Å². The first-order chi connectivity index (χ1) is 12.7. The van der Waals surface area contributed by atoms with Gasteiger partial charge in [-0.05, 0) is 30.0 Å². The van der Waals surface area contributed by atoms with Crippen molar-refractivity contribution in [1.29, 1.82) is 0 Å². The van der Waals surface area contributed by atoms with Crippen LogP contribution in [0.2, 0.25) is 0 Å². The maximum absolute atomic E-state index is 12.2. The molecule has 6 nitrogen and oxygen atoms in total. The lowest BCUT2D eigenvalue weighted by Gasteiger charge is -2.12. The van der Waals surface area contributed by atoms with Crippen LogP contribution in [0.15, 0.2) is 47.6 Å². The van der Waals surface area contributed by atoms with Crippen LogP contribution < -0.4 is 19.6 Å². The van der Waals surface area contributed by atoms with Crippen molar-refractivity contribution in [3.63, 3.8) is 0 Å². The van der Waals surface area contributed by atoms with Crippen molar-refractivity contribution in [1.82, 2.24) is 5.43 Å². The zero-order valence-corrected chi connectivity index (χ0v) is 15.1. The smallest absolute Gasteiger partial charge is 0.243 e. The summed E-state index contributed by atoms with van der Waals surface area (Å²) < 4.78 is 15.9. The average Bonchev–Trinajstić information content (AvgIpc) is 3.48. The van der Waals surface area contributed by atoms with Crippen LogP contribution in [0.25, 0.3) is 0 Å². The summed E-state index contributed by atoms with van der Waals surface area (Å²) in [6.45, 7) is 0. The fourth-order valence-corrected chi connectivity index (χ4v) is 2.98. The highest BCUT2D eigenvalue weighted by Gasteiger charge is 2.43. The molecule has 0 spiro atoms. The molecule has 0 saturated heterocycles. The number of rotatable bonds is 7. The topological polar surface area (TPSA) is 69.2 Å². The number of benzene rings is 2. The van der Waals surface area contributed by atoms with Crippen molar-refractivity contribution in [3.05, 3.63) is 53.6 Å². The summed E-state index contributed by atoms with van der Waals surface area (Å²) in [5.74, 6) is 1.78. The lowest BCUT2D eigenvalue weighted by Crippen LogP contribution is -2.20. The molecule has 6 heteroatoms. The van der Waals surface area contributed by atoms with Crippen molar-refractivity contribution in [2.24, 2.45) is 11.0 Å². The molecule has 2 aromatic carbocycles. The predicted octanol–water partition coefficient (Wildman–Crippen LogP) is 2.97. The number of nitrogens with one attached hydrogen (secondary N) is 1. The molecule has 3 rings (SSSR count). The van der Waals surface area contributed by atoms with E-state index in [9.17, 15) is 4.79 Å². The predicted molar refractivity (Wildman–Crippen MR) is 99.1 cm³/mol. The Bertz CT molecular complexity index is 780. The van der Waals surface area contributed by atoms with Crippen LogP contribution in [0.1, 0.15) is 23.5 Å². The second-order valence-electron chi connectivity index (χ2n) is 6.05. The van der Waals surface area contributed by atoms with E-state index in [0.717, 1.165) is 12.0 Å². The van der Waals surface area contributed by atoms with E-state index in [1.807, 2.05) is 18.2 Å². The third-order valence-corrected chi connectivity index (χ3v) is 4.43. The summed E-state index contributed by atoms with van der Waals surface area (Å²) in [6, 6.07) is 13.6. The number of carbonyl (C=O) groups excluding carboxylic acids is 1. The molecule has 0 bridgehead atoms. The van der Waals surface area contributed by atoms with Crippen LogP contribution in [-0.2, 0) is 4.79 Å². The quantitative estimate of drug-likeness (QED) is 0.613. The van der Waals surface area contributed by atoms with Gasteiger partial charge in [0.05, 0.1) is 27.5 Å². The van der Waals surface area contributed by atoms with E-state index in [-0.39, 0.29) is 17.7 Å². The largest absolute Gasteiger partial charge is 0.493 e. The van der Waals surface area contributed by atoms with Gasteiger partial charge in [-0.3, -0.25) is 4.79 Å². The highest BCUT2D eigenvalue weighted by Crippen LogP contribution is 2.47. The molecule has 0 unspecified atom stereocenters. The van der Waals surface area contributed by atoms with Crippen molar-refractivity contribution in [2.45, 2.75) is 12.3 Å². The summed E-state index contributed by atoms with van der Waals surface area (Å²) >= 11 is 0. The third-order valence-electron chi connectivity index (χ3n) is 4.43. The highest BCUT2D eigenvalue weighted by molar-refractivity contribution is 5.86. The minimum absolute atomic E-state index is 0.0190. The van der Waals surface area contributed by atoms with Gasteiger partial charge in [0.2, 0.25) is 11.7 Å². The number of amides is 1. The van der Waals surface area contributed by atoms with Gasteiger partial charge in [-0.1, -0.05) is 30.3 Å². The zero-order chi connectivity index (χ0) is 18.5. The van der Waals surface area contributed by atoms with Crippen LogP contribution in [0.4, 0.5) is 0 Å². The van der Waals surface area contributed by atoms with Gasteiger partial charge in [-0.15, -0.1) is 0 Å². The maximum Gasteiger partial charge on any atom is 0.243 e. The molecule has 1 fully saturated rings. The van der Waals surface area contributed by atoms with Crippen molar-refractivity contribution in [2.75, 3.05) is 21.3 Å². The Hall–Kier alpha value is -3.02. The third kappa shape index (κ3) is 3.79. The molecule has 1 amide bonds. The summed E-state index contributed by atoms with van der Waals surface area (Å²) in [6.07, 6.45) is 2.41. The zero-order valence-electron chi connectivity index (χ0n) is 15.1. The summed E-state index contributed by atoms with van der Waals surface area (Å²) in [5.41, 5.74) is 4.54. The van der Waals surface area contributed by atoms with Crippen molar-refractivity contribution in [3.8, 4) is 17.2 Å². The molecule has 2 aromatic rings. The first kappa shape index (κ1) is 17.8. The molecule has 0 aliphatic heterocycles. The van der Waals surface area contributed by atoms with Gasteiger partial charge in [0.1, 0.15) is 0 Å². The van der Waals surface area contributed by atoms with Crippen molar-refractivity contribution < 1.29 is 19.0 Å². The molecule has 1 aliphatic rings. The molecule has 1 aliphatic carbocycles. The van der Waals surface area contributed by atoms with Crippen LogP contribution >= 0.6 is 0 Å². The fourth-order valence-electron chi connectivity index (χ4n) is 2.98. The SMILES string of the molecule is COc1cc(/C=N\NC(=O)[C@H]2C[C@@H]2c2ccccc2)cc(OC)c1OC. The lowest BCUT2D eigenvalue weighted by molar-refractivity contribution is -0.122. The summed E-state index contributed by atoms with van der Waals surface area (Å²) in [7, 11) is 4.65. The first-order valence-electron chi connectivity index (χ1n) is 8.35. The van der Waals surface area contributed by atoms with E-state index >= 15 is 0 Å². The van der Waals surface area contributed by atoms with Gasteiger partial charge in [-0.25, -0.2) is 5.43 Å². The minimum atomic E-state index is -0.0671. The number of hydrazone groups is 1. The molecule has 26 heavy (non-hydrogen) atoms. The summed E-state index contributed by atoms with van der Waals surface area (Å²) in [5, 5.41) is 4.06. The minimum Gasteiger partial charge on any atom is -0.493 e. The maximum atomic E-state index is 12.2. The van der Waals surface area contributed by atoms with Crippen LogP contribution in [0.3, 0.4) is 0 Å². The molecule has 1 saturated carbocycles. The molecule has 0 heterocycles. The normalized spacial score (nSPS) is 18.4. The van der Waals surface area contributed by atoms with E-state index in [4.69, 9.17) is 14.2 Å². The fraction of sp³-hybridized carbons (Fsp3) is 0.300. The van der Waals surface area contributed by atoms with Gasteiger partial charge in [0.25, 0.3) is 0 Å². The molecule has 2 atom stereocenters. The van der Waals surface area contributed by atoms with Crippen LogP contribution in [0.5, 0.6) is 17.2 Å². The van der Waals surface area contributed by atoms with E-state index in [0.29, 0.717) is 17.2 Å². The molecule has 0 radical (unpaired) electrons. The number of carbonyl (C=O) groups is 1. The lowest BCUT2D eigenvalue weighted by atomic mass is 10.1. The van der Waals surface area contributed by atoms with Gasteiger partial charge < -0.3 is 14.2 Å². The second kappa shape index (κ2) is 7.91. The highest BCUT2D eigenvalue weighted by atomic mass is 16.5. The van der Waals surface area contributed by atoms with E-state index in [1.54, 1.807) is 39.7 Å². The van der Waals surface area contributed by atoms with E-state index in [2.05, 4.69) is 22.7 Å². The Morgan fingerprint density at radius 3 is 2.31 bits per heavy atom. The second-order valence-corrected chi connectivity index (χ2v) is 6.05. The number of nitrogens with zero attached hydrogens (tertiary/aromatic N) is 1. The molecule has 136 valence electrons. The van der Waals surface area contributed by atoms with Crippen LogP contribution in [-0.4, -0.2) is 33.5 Å². The summed E-state index contributed by atoms with van der Waals surface area (Å²) in [4.78, 5) is 12.2. The van der Waals surface area contributed by atoms with Gasteiger partial charge in [0, 0.05) is 11.5 Å². The first-order valence-corrected chi connectivity index (χ1v) is 8.35. The van der Waals surface area contributed by atoms with Gasteiger partial charge >= 0.3 is 0 Å². The number of hydrogen-bond donors (Lipinski definition) is 1. The Kier molecular flexibility index (Phi) is 5.41. The Labute approximate surface area is 152 Å². The molecular weight excluding hydrogens is 332 g/mol. The molecule has 0 aromatic heterocycles. The monoisotopic (exact) mass is 354 g/mol. The van der Waals surface area contributed by atoms with E-state index < -0.39 is 0 Å².